The molecule has 2 aromatic heterocycles. The number of aromatic amines is 1. The van der Waals surface area contributed by atoms with Gasteiger partial charge in [-0.15, -0.1) is 5.10 Å². The molecule has 0 amide bonds. The van der Waals surface area contributed by atoms with Gasteiger partial charge < -0.3 is 0 Å². The van der Waals surface area contributed by atoms with Gasteiger partial charge >= 0.3 is 5.69 Å². The highest BCUT2D eigenvalue weighted by molar-refractivity contribution is 9.10. The maximum absolute atomic E-state index is 11.5. The van der Waals surface area contributed by atoms with E-state index >= 15 is 0 Å². The molecule has 0 saturated carbocycles. The number of hydrogen-bond donors (Lipinski definition) is 1. The van der Waals surface area contributed by atoms with Gasteiger partial charge in [-0.25, -0.2) is 9.89 Å². The lowest BCUT2D eigenvalue weighted by atomic mass is 10.5. The number of halogens is 1. The van der Waals surface area contributed by atoms with Crippen molar-refractivity contribution in [2.75, 3.05) is 0 Å². The smallest absolute Gasteiger partial charge is 0.270 e. The number of pyridine rings is 1. The summed E-state index contributed by atoms with van der Waals surface area (Å²) in [5.41, 5.74) is -0.167. The van der Waals surface area contributed by atoms with Crippen molar-refractivity contribution in [2.45, 2.75) is 29.9 Å². The monoisotopic (exact) mass is 314 g/mol. The Morgan fingerprint density at radius 1 is 1.59 bits per heavy atom. The van der Waals surface area contributed by atoms with Gasteiger partial charge in [0.2, 0.25) is 0 Å². The first-order chi connectivity index (χ1) is 8.22. The van der Waals surface area contributed by atoms with Crippen LogP contribution in [0.1, 0.15) is 13.3 Å². The van der Waals surface area contributed by atoms with Crippen molar-refractivity contribution in [2.24, 2.45) is 0 Å². The first-order valence-electron chi connectivity index (χ1n) is 5.15. The van der Waals surface area contributed by atoms with Crippen molar-refractivity contribution >= 4 is 27.7 Å². The molecule has 2 aromatic rings. The SMILES string of the molecule is CCCn1c(Sc2ccncc2Br)n[nH]c1=O. The fraction of sp³-hybridized carbons (Fsp3) is 0.300. The van der Waals surface area contributed by atoms with Crippen LogP contribution >= 0.6 is 27.7 Å². The van der Waals surface area contributed by atoms with Crippen molar-refractivity contribution in [3.05, 3.63) is 33.4 Å². The van der Waals surface area contributed by atoms with E-state index in [9.17, 15) is 4.79 Å². The van der Waals surface area contributed by atoms with Crippen LogP contribution in [-0.2, 0) is 6.54 Å². The van der Waals surface area contributed by atoms with Crippen molar-refractivity contribution in [3.63, 3.8) is 0 Å². The zero-order valence-electron chi connectivity index (χ0n) is 9.18. The molecule has 0 radical (unpaired) electrons. The molecule has 0 aromatic carbocycles. The van der Waals surface area contributed by atoms with Crippen molar-refractivity contribution in [3.8, 4) is 0 Å². The summed E-state index contributed by atoms with van der Waals surface area (Å²) in [7, 11) is 0. The Bertz CT molecular complexity index is 565. The molecule has 0 aliphatic heterocycles. The summed E-state index contributed by atoms with van der Waals surface area (Å²) in [4.78, 5) is 16.5. The van der Waals surface area contributed by atoms with Gasteiger partial charge in [0.25, 0.3) is 0 Å². The van der Waals surface area contributed by atoms with Crippen LogP contribution in [0.2, 0.25) is 0 Å². The molecular weight excluding hydrogens is 304 g/mol. The zero-order chi connectivity index (χ0) is 12.3. The summed E-state index contributed by atoms with van der Waals surface area (Å²) in [6.45, 7) is 2.69. The van der Waals surface area contributed by atoms with Crippen LogP contribution < -0.4 is 5.69 Å². The fourth-order valence-electron chi connectivity index (χ4n) is 1.35. The lowest BCUT2D eigenvalue weighted by Crippen LogP contribution is -2.17. The highest BCUT2D eigenvalue weighted by Gasteiger charge is 2.10. The molecule has 0 spiro atoms. The standard InChI is InChI=1S/C10H11BrN4OS/c1-2-5-15-9(16)13-14-10(15)17-8-3-4-12-6-7(8)11/h3-4,6H,2,5H2,1H3,(H,13,16). The van der Waals surface area contributed by atoms with Gasteiger partial charge in [-0.1, -0.05) is 6.92 Å². The number of H-pyrrole nitrogens is 1. The highest BCUT2D eigenvalue weighted by atomic mass is 79.9. The molecule has 2 heterocycles. The minimum absolute atomic E-state index is 0.167. The topological polar surface area (TPSA) is 63.6 Å². The average molecular weight is 315 g/mol. The lowest BCUT2D eigenvalue weighted by Gasteiger charge is -2.04. The van der Waals surface area contributed by atoms with Crippen LogP contribution in [0, 0.1) is 0 Å². The second-order valence-corrected chi connectivity index (χ2v) is 5.23. The molecule has 0 aliphatic carbocycles. The number of nitrogens with zero attached hydrogens (tertiary/aromatic N) is 3. The van der Waals surface area contributed by atoms with Crippen LogP contribution in [0.15, 0.2) is 37.8 Å². The van der Waals surface area contributed by atoms with E-state index in [1.807, 2.05) is 13.0 Å². The summed E-state index contributed by atoms with van der Waals surface area (Å²) >= 11 is 4.85. The van der Waals surface area contributed by atoms with Gasteiger partial charge in [0.15, 0.2) is 5.16 Å². The number of hydrogen-bond acceptors (Lipinski definition) is 4. The average Bonchev–Trinajstić information content (AvgIpc) is 2.65. The van der Waals surface area contributed by atoms with Crippen molar-refractivity contribution < 1.29 is 0 Å². The molecule has 17 heavy (non-hydrogen) atoms. The number of rotatable bonds is 4. The quantitative estimate of drug-likeness (QED) is 0.940. The Balaban J connectivity index is 2.30. The van der Waals surface area contributed by atoms with Gasteiger partial charge in [0.1, 0.15) is 0 Å². The third-order valence-electron chi connectivity index (χ3n) is 2.11. The third kappa shape index (κ3) is 2.78. The predicted molar refractivity (Wildman–Crippen MR) is 69.2 cm³/mol. The molecule has 2 rings (SSSR count). The maximum atomic E-state index is 11.5. The molecule has 0 fully saturated rings. The summed E-state index contributed by atoms with van der Waals surface area (Å²) in [5.74, 6) is 0. The van der Waals surface area contributed by atoms with Crippen LogP contribution in [0.5, 0.6) is 0 Å². The minimum Gasteiger partial charge on any atom is -0.270 e. The second kappa shape index (κ2) is 5.50. The van der Waals surface area contributed by atoms with E-state index in [-0.39, 0.29) is 5.69 Å². The summed E-state index contributed by atoms with van der Waals surface area (Å²) in [6.07, 6.45) is 4.32. The number of aromatic nitrogens is 4. The fourth-order valence-corrected chi connectivity index (χ4v) is 2.69. The minimum atomic E-state index is -0.167. The van der Waals surface area contributed by atoms with E-state index in [4.69, 9.17) is 0 Å². The van der Waals surface area contributed by atoms with Crippen LogP contribution in [0.25, 0.3) is 0 Å². The summed E-state index contributed by atoms with van der Waals surface area (Å²) in [5, 5.41) is 7.16. The van der Waals surface area contributed by atoms with Crippen LogP contribution in [0.3, 0.4) is 0 Å². The molecule has 7 heteroatoms. The molecule has 0 aliphatic rings. The largest absolute Gasteiger partial charge is 0.343 e. The Hall–Kier alpha value is -1.08. The second-order valence-electron chi connectivity index (χ2n) is 3.37. The van der Waals surface area contributed by atoms with Crippen LogP contribution in [0.4, 0.5) is 0 Å². The molecule has 5 nitrogen and oxygen atoms in total. The van der Waals surface area contributed by atoms with E-state index in [2.05, 4.69) is 31.1 Å². The molecule has 0 bridgehead atoms. The van der Waals surface area contributed by atoms with Gasteiger partial charge in [0.05, 0.1) is 0 Å². The van der Waals surface area contributed by atoms with Crippen molar-refractivity contribution in [1.82, 2.24) is 19.7 Å². The van der Waals surface area contributed by atoms with Gasteiger partial charge in [0, 0.05) is 28.3 Å². The third-order valence-corrected chi connectivity index (χ3v) is 4.07. The van der Waals surface area contributed by atoms with Crippen LogP contribution in [-0.4, -0.2) is 19.7 Å². The van der Waals surface area contributed by atoms with E-state index in [0.717, 1.165) is 15.8 Å². The first-order valence-corrected chi connectivity index (χ1v) is 6.76. The Kier molecular flexibility index (Phi) is 4.01. The van der Waals surface area contributed by atoms with E-state index in [1.165, 1.54) is 11.8 Å². The normalized spacial score (nSPS) is 10.7. The van der Waals surface area contributed by atoms with Gasteiger partial charge in [-0.05, 0) is 40.2 Å². The predicted octanol–water partition coefficient (Wildman–Crippen LogP) is 2.29. The number of nitrogens with one attached hydrogen (secondary N) is 1. The Morgan fingerprint density at radius 3 is 3.12 bits per heavy atom. The molecule has 0 saturated heterocycles. The van der Waals surface area contributed by atoms with E-state index in [0.29, 0.717) is 11.7 Å². The Morgan fingerprint density at radius 2 is 2.41 bits per heavy atom. The van der Waals surface area contributed by atoms with Gasteiger partial charge in [-0.2, -0.15) is 0 Å². The van der Waals surface area contributed by atoms with E-state index in [1.54, 1.807) is 17.0 Å². The molecule has 1 N–H and O–H groups in total. The summed E-state index contributed by atoms with van der Waals surface area (Å²) in [6, 6.07) is 1.88. The highest BCUT2D eigenvalue weighted by Crippen LogP contribution is 2.30. The summed E-state index contributed by atoms with van der Waals surface area (Å²) < 4.78 is 2.53. The molecule has 0 unspecified atom stereocenters. The zero-order valence-corrected chi connectivity index (χ0v) is 11.6. The molecule has 0 atom stereocenters. The molecular formula is C10H11BrN4OS. The maximum Gasteiger partial charge on any atom is 0.343 e. The van der Waals surface area contributed by atoms with E-state index < -0.39 is 0 Å². The van der Waals surface area contributed by atoms with Crippen molar-refractivity contribution in [1.29, 1.82) is 0 Å². The Labute approximate surface area is 111 Å². The lowest BCUT2D eigenvalue weighted by molar-refractivity contribution is 0.604. The first kappa shape index (κ1) is 12.4. The molecule has 90 valence electrons. The van der Waals surface area contributed by atoms with Gasteiger partial charge in [-0.3, -0.25) is 9.55 Å².